The number of rotatable bonds is 2. The van der Waals surface area contributed by atoms with Crippen LogP contribution in [0.2, 0.25) is 0 Å². The molecule has 0 fully saturated rings. The third kappa shape index (κ3) is 4.13. The summed E-state index contributed by atoms with van der Waals surface area (Å²) < 4.78 is 0. The SMILES string of the molecule is O=C(O)c1ccc(C#Cc2ccccc2NC(=O)N2CCCc3cccnc32)cn1. The number of urea groups is 1. The zero-order chi connectivity index (χ0) is 20.9. The van der Waals surface area contributed by atoms with Crippen molar-refractivity contribution in [2.24, 2.45) is 0 Å². The average Bonchev–Trinajstić information content (AvgIpc) is 2.78. The average molecular weight is 398 g/mol. The van der Waals surface area contributed by atoms with Crippen LogP contribution in [0.25, 0.3) is 0 Å². The minimum absolute atomic E-state index is 0.0383. The summed E-state index contributed by atoms with van der Waals surface area (Å²) in [6.07, 6.45) is 4.89. The number of carbonyl (C=O) groups excluding carboxylic acids is 1. The Morgan fingerprint density at radius 1 is 1.03 bits per heavy atom. The van der Waals surface area contributed by atoms with Crippen LogP contribution in [0.15, 0.2) is 60.9 Å². The molecule has 0 bridgehead atoms. The zero-order valence-corrected chi connectivity index (χ0v) is 16.0. The molecular weight excluding hydrogens is 380 g/mol. The van der Waals surface area contributed by atoms with E-state index in [1.807, 2.05) is 30.3 Å². The van der Waals surface area contributed by atoms with E-state index in [0.717, 1.165) is 18.4 Å². The number of hydrogen-bond donors (Lipinski definition) is 2. The maximum Gasteiger partial charge on any atom is 0.354 e. The highest BCUT2D eigenvalue weighted by Gasteiger charge is 2.23. The van der Waals surface area contributed by atoms with Crippen molar-refractivity contribution in [3.63, 3.8) is 0 Å². The number of aromatic carboxylic acids is 1. The lowest BCUT2D eigenvalue weighted by Crippen LogP contribution is -2.39. The first-order valence-electron chi connectivity index (χ1n) is 9.44. The van der Waals surface area contributed by atoms with E-state index in [-0.39, 0.29) is 11.7 Å². The number of amides is 2. The van der Waals surface area contributed by atoms with Gasteiger partial charge in [-0.1, -0.05) is 30.0 Å². The van der Waals surface area contributed by atoms with Gasteiger partial charge in [-0.15, -0.1) is 0 Å². The molecule has 2 aromatic heterocycles. The molecule has 3 heterocycles. The molecule has 0 aliphatic carbocycles. The van der Waals surface area contributed by atoms with Crippen LogP contribution in [0.4, 0.5) is 16.3 Å². The van der Waals surface area contributed by atoms with Gasteiger partial charge in [-0.2, -0.15) is 0 Å². The topological polar surface area (TPSA) is 95.4 Å². The lowest BCUT2D eigenvalue weighted by atomic mass is 10.1. The van der Waals surface area contributed by atoms with Crippen molar-refractivity contribution in [3.8, 4) is 11.8 Å². The van der Waals surface area contributed by atoms with Crippen LogP contribution in [-0.4, -0.2) is 33.6 Å². The van der Waals surface area contributed by atoms with Gasteiger partial charge in [0.1, 0.15) is 11.5 Å². The summed E-state index contributed by atoms with van der Waals surface area (Å²) >= 11 is 0. The lowest BCUT2D eigenvalue weighted by Gasteiger charge is -2.28. The molecule has 148 valence electrons. The first-order chi connectivity index (χ1) is 14.6. The van der Waals surface area contributed by atoms with Crippen molar-refractivity contribution in [3.05, 3.63) is 83.3 Å². The predicted octanol–water partition coefficient (Wildman–Crippen LogP) is 3.56. The number of aromatic nitrogens is 2. The van der Waals surface area contributed by atoms with E-state index in [1.165, 1.54) is 12.3 Å². The molecular formula is C23H18N4O3. The molecule has 2 amide bonds. The maximum atomic E-state index is 12.9. The van der Waals surface area contributed by atoms with Crippen molar-refractivity contribution < 1.29 is 14.7 Å². The Balaban J connectivity index is 1.55. The standard InChI is InChI=1S/C23H18N4O3/c28-22(29)20-12-10-16(15-25-20)9-11-17-5-1-2-8-19(17)26-23(30)27-14-4-7-18-6-3-13-24-21(18)27/h1-3,5-6,8,10,12-13,15H,4,7,14H2,(H,26,30)(H,28,29). The lowest BCUT2D eigenvalue weighted by molar-refractivity contribution is 0.0690. The second-order valence-electron chi connectivity index (χ2n) is 6.70. The number of para-hydroxylation sites is 1. The Kier molecular flexibility index (Phi) is 5.39. The number of aryl methyl sites for hydroxylation is 1. The highest BCUT2D eigenvalue weighted by Crippen LogP contribution is 2.25. The van der Waals surface area contributed by atoms with Crippen LogP contribution in [0, 0.1) is 11.8 Å². The molecule has 1 aliphatic heterocycles. The van der Waals surface area contributed by atoms with Gasteiger partial charge in [-0.3, -0.25) is 4.90 Å². The number of carboxylic acids is 1. The van der Waals surface area contributed by atoms with E-state index >= 15 is 0 Å². The number of fused-ring (bicyclic) bond motifs is 1. The van der Waals surface area contributed by atoms with Crippen molar-refractivity contribution in [2.45, 2.75) is 12.8 Å². The summed E-state index contributed by atoms with van der Waals surface area (Å²) in [5, 5.41) is 11.9. The number of pyridine rings is 2. The third-order valence-electron chi connectivity index (χ3n) is 4.69. The first-order valence-corrected chi connectivity index (χ1v) is 9.44. The van der Waals surface area contributed by atoms with E-state index in [0.29, 0.717) is 29.2 Å². The molecule has 7 nitrogen and oxygen atoms in total. The number of anilines is 2. The van der Waals surface area contributed by atoms with E-state index in [2.05, 4.69) is 27.1 Å². The van der Waals surface area contributed by atoms with E-state index in [4.69, 9.17) is 5.11 Å². The van der Waals surface area contributed by atoms with E-state index < -0.39 is 5.97 Å². The number of nitrogens with one attached hydrogen (secondary N) is 1. The van der Waals surface area contributed by atoms with Crippen molar-refractivity contribution in [1.29, 1.82) is 0 Å². The molecule has 0 saturated carbocycles. The molecule has 0 atom stereocenters. The Bertz CT molecular complexity index is 1160. The number of carbonyl (C=O) groups is 2. The van der Waals surface area contributed by atoms with Crippen LogP contribution in [0.1, 0.15) is 33.6 Å². The summed E-state index contributed by atoms with van der Waals surface area (Å²) in [4.78, 5) is 33.7. The molecule has 1 aliphatic rings. The molecule has 2 N–H and O–H groups in total. The fourth-order valence-electron chi connectivity index (χ4n) is 3.22. The van der Waals surface area contributed by atoms with Crippen LogP contribution in [-0.2, 0) is 6.42 Å². The van der Waals surface area contributed by atoms with Crippen molar-refractivity contribution in [2.75, 3.05) is 16.8 Å². The maximum absolute atomic E-state index is 12.9. The number of carboxylic acid groups (broad SMARTS) is 1. The Hall–Kier alpha value is -4.18. The summed E-state index contributed by atoms with van der Waals surface area (Å²) in [6, 6.07) is 13.9. The molecule has 1 aromatic carbocycles. The molecule has 4 rings (SSSR count). The van der Waals surface area contributed by atoms with Gasteiger partial charge in [0, 0.05) is 30.1 Å². The Labute approximate surface area is 173 Å². The molecule has 0 radical (unpaired) electrons. The summed E-state index contributed by atoms with van der Waals surface area (Å²) in [5.41, 5.74) is 2.84. The quantitative estimate of drug-likeness (QED) is 0.644. The summed E-state index contributed by atoms with van der Waals surface area (Å²) in [6.45, 7) is 0.602. The number of benzene rings is 1. The summed E-state index contributed by atoms with van der Waals surface area (Å²) in [5.74, 6) is 5.58. The Morgan fingerprint density at radius 2 is 1.90 bits per heavy atom. The molecule has 0 spiro atoms. The van der Waals surface area contributed by atoms with E-state index in [9.17, 15) is 9.59 Å². The van der Waals surface area contributed by atoms with Gasteiger partial charge in [0.15, 0.2) is 0 Å². The smallest absolute Gasteiger partial charge is 0.354 e. The molecule has 30 heavy (non-hydrogen) atoms. The molecule has 0 unspecified atom stereocenters. The molecule has 3 aromatic rings. The minimum atomic E-state index is -1.09. The predicted molar refractivity (Wildman–Crippen MR) is 113 cm³/mol. The monoisotopic (exact) mass is 398 g/mol. The van der Waals surface area contributed by atoms with Crippen LogP contribution >= 0.6 is 0 Å². The first kappa shape index (κ1) is 19.2. The Morgan fingerprint density at radius 3 is 2.70 bits per heavy atom. The number of hydrogen-bond acceptors (Lipinski definition) is 4. The normalized spacial score (nSPS) is 12.3. The van der Waals surface area contributed by atoms with Crippen molar-refractivity contribution in [1.82, 2.24) is 9.97 Å². The van der Waals surface area contributed by atoms with Gasteiger partial charge in [0.05, 0.1) is 5.69 Å². The van der Waals surface area contributed by atoms with Gasteiger partial charge in [-0.05, 0) is 48.7 Å². The minimum Gasteiger partial charge on any atom is -0.477 e. The second-order valence-corrected chi connectivity index (χ2v) is 6.70. The van der Waals surface area contributed by atoms with Gasteiger partial charge in [-0.25, -0.2) is 19.6 Å². The van der Waals surface area contributed by atoms with Crippen molar-refractivity contribution >= 4 is 23.5 Å². The van der Waals surface area contributed by atoms with Gasteiger partial charge in [0.2, 0.25) is 0 Å². The van der Waals surface area contributed by atoms with Gasteiger partial charge in [0.25, 0.3) is 0 Å². The number of nitrogens with zero attached hydrogens (tertiary/aromatic N) is 3. The molecule has 0 saturated heterocycles. The van der Waals surface area contributed by atoms with Gasteiger partial charge < -0.3 is 10.4 Å². The fraction of sp³-hybridized carbons (Fsp3) is 0.130. The highest BCUT2D eigenvalue weighted by atomic mass is 16.4. The fourth-order valence-corrected chi connectivity index (χ4v) is 3.22. The van der Waals surface area contributed by atoms with Crippen LogP contribution in [0.3, 0.4) is 0 Å². The van der Waals surface area contributed by atoms with E-state index in [1.54, 1.807) is 23.2 Å². The summed E-state index contributed by atoms with van der Waals surface area (Å²) in [7, 11) is 0. The van der Waals surface area contributed by atoms with Crippen LogP contribution < -0.4 is 10.2 Å². The van der Waals surface area contributed by atoms with Gasteiger partial charge >= 0.3 is 12.0 Å². The highest BCUT2D eigenvalue weighted by molar-refractivity contribution is 6.02. The third-order valence-corrected chi connectivity index (χ3v) is 4.69. The molecule has 7 heteroatoms. The largest absolute Gasteiger partial charge is 0.477 e. The second kappa shape index (κ2) is 8.45. The zero-order valence-electron chi connectivity index (χ0n) is 16.0. The van der Waals surface area contributed by atoms with Crippen LogP contribution in [0.5, 0.6) is 0 Å².